The van der Waals surface area contributed by atoms with Gasteiger partial charge < -0.3 is 14.8 Å². The molecule has 3 heterocycles. The lowest BCUT2D eigenvalue weighted by Crippen LogP contribution is -2.49. The SMILES string of the molecule is CO[C@H]1COCC[C@@H]1NC(=O)c1cnn2cc(C)ccc12. The largest absolute Gasteiger partial charge is 0.379 e. The lowest BCUT2D eigenvalue weighted by Gasteiger charge is -2.30. The van der Waals surface area contributed by atoms with Crippen LogP contribution < -0.4 is 5.32 Å². The summed E-state index contributed by atoms with van der Waals surface area (Å²) in [6, 6.07) is 3.85. The quantitative estimate of drug-likeness (QED) is 0.921. The third-order valence-corrected chi connectivity index (χ3v) is 3.83. The summed E-state index contributed by atoms with van der Waals surface area (Å²) in [4.78, 5) is 12.5. The number of fused-ring (bicyclic) bond motifs is 1. The highest BCUT2D eigenvalue weighted by atomic mass is 16.5. The monoisotopic (exact) mass is 289 g/mol. The van der Waals surface area contributed by atoms with Crippen LogP contribution in [0.3, 0.4) is 0 Å². The van der Waals surface area contributed by atoms with Crippen molar-refractivity contribution in [3.63, 3.8) is 0 Å². The molecule has 2 atom stereocenters. The molecule has 3 rings (SSSR count). The second kappa shape index (κ2) is 5.83. The van der Waals surface area contributed by atoms with E-state index in [1.807, 2.05) is 25.3 Å². The summed E-state index contributed by atoms with van der Waals surface area (Å²) in [5, 5.41) is 7.26. The number of methoxy groups -OCH3 is 1. The molecule has 0 bridgehead atoms. The molecule has 1 saturated heterocycles. The first-order chi connectivity index (χ1) is 10.2. The highest BCUT2D eigenvalue weighted by molar-refractivity contribution is 6.00. The van der Waals surface area contributed by atoms with Crippen LogP contribution in [0.15, 0.2) is 24.5 Å². The minimum Gasteiger partial charge on any atom is -0.379 e. The van der Waals surface area contributed by atoms with Crippen LogP contribution in [0.5, 0.6) is 0 Å². The highest BCUT2D eigenvalue weighted by Crippen LogP contribution is 2.15. The van der Waals surface area contributed by atoms with E-state index in [9.17, 15) is 4.79 Å². The van der Waals surface area contributed by atoms with Crippen molar-refractivity contribution >= 4 is 11.4 Å². The molecule has 0 saturated carbocycles. The summed E-state index contributed by atoms with van der Waals surface area (Å²) in [5.41, 5.74) is 2.48. The third-order valence-electron chi connectivity index (χ3n) is 3.83. The predicted molar refractivity (Wildman–Crippen MR) is 77.4 cm³/mol. The first-order valence-corrected chi connectivity index (χ1v) is 7.04. The zero-order valence-corrected chi connectivity index (χ0v) is 12.2. The van der Waals surface area contributed by atoms with E-state index in [4.69, 9.17) is 9.47 Å². The Bertz CT molecular complexity index is 653. The molecular weight excluding hydrogens is 270 g/mol. The fourth-order valence-electron chi connectivity index (χ4n) is 2.62. The standard InChI is InChI=1S/C15H19N3O3/c1-10-3-4-13-11(7-16-18(13)8-10)15(19)17-12-5-6-21-9-14(12)20-2/h3-4,7-8,12,14H,5-6,9H2,1-2H3,(H,17,19)/t12-,14-/m0/s1. The molecule has 1 amide bonds. The van der Waals surface area contributed by atoms with Crippen molar-refractivity contribution in [1.29, 1.82) is 0 Å². The molecule has 1 N–H and O–H groups in total. The van der Waals surface area contributed by atoms with Crippen LogP contribution in [0.25, 0.3) is 5.52 Å². The Hall–Kier alpha value is -1.92. The number of carbonyl (C=O) groups excluding carboxylic acids is 1. The van der Waals surface area contributed by atoms with Gasteiger partial charge in [-0.2, -0.15) is 5.10 Å². The van der Waals surface area contributed by atoms with Crippen molar-refractivity contribution in [1.82, 2.24) is 14.9 Å². The Morgan fingerprint density at radius 3 is 3.19 bits per heavy atom. The van der Waals surface area contributed by atoms with Crippen LogP contribution in [-0.4, -0.2) is 48.0 Å². The fraction of sp³-hybridized carbons (Fsp3) is 0.467. The van der Waals surface area contributed by atoms with Gasteiger partial charge in [0.25, 0.3) is 5.91 Å². The Labute approximate surface area is 123 Å². The average Bonchev–Trinajstić information content (AvgIpc) is 2.90. The van der Waals surface area contributed by atoms with Crippen molar-refractivity contribution in [2.75, 3.05) is 20.3 Å². The molecule has 1 aliphatic heterocycles. The Balaban J connectivity index is 1.80. The van der Waals surface area contributed by atoms with E-state index in [2.05, 4.69) is 10.4 Å². The van der Waals surface area contributed by atoms with Crippen LogP contribution >= 0.6 is 0 Å². The van der Waals surface area contributed by atoms with E-state index in [-0.39, 0.29) is 18.1 Å². The number of hydrogen-bond donors (Lipinski definition) is 1. The van der Waals surface area contributed by atoms with Crippen molar-refractivity contribution < 1.29 is 14.3 Å². The molecule has 0 unspecified atom stereocenters. The van der Waals surface area contributed by atoms with Gasteiger partial charge in [-0.25, -0.2) is 4.52 Å². The summed E-state index contributed by atoms with van der Waals surface area (Å²) in [6.07, 6.45) is 4.15. The lowest BCUT2D eigenvalue weighted by molar-refractivity contribution is -0.0479. The number of nitrogens with zero attached hydrogens (tertiary/aromatic N) is 2. The number of carbonyl (C=O) groups is 1. The van der Waals surface area contributed by atoms with E-state index in [1.54, 1.807) is 17.8 Å². The van der Waals surface area contributed by atoms with Gasteiger partial charge in [0.15, 0.2) is 0 Å². The molecule has 0 aromatic carbocycles. The number of amides is 1. The van der Waals surface area contributed by atoms with Gasteiger partial charge in [0.05, 0.1) is 29.9 Å². The van der Waals surface area contributed by atoms with Gasteiger partial charge in [0, 0.05) is 19.9 Å². The smallest absolute Gasteiger partial charge is 0.255 e. The van der Waals surface area contributed by atoms with Crippen LogP contribution in [0, 0.1) is 6.92 Å². The maximum Gasteiger partial charge on any atom is 0.255 e. The highest BCUT2D eigenvalue weighted by Gasteiger charge is 2.28. The van der Waals surface area contributed by atoms with Gasteiger partial charge in [0.1, 0.15) is 6.10 Å². The topological polar surface area (TPSA) is 64.9 Å². The molecule has 2 aromatic heterocycles. The van der Waals surface area contributed by atoms with Gasteiger partial charge in [-0.3, -0.25) is 4.79 Å². The number of nitrogens with one attached hydrogen (secondary N) is 1. The van der Waals surface area contributed by atoms with E-state index in [0.29, 0.717) is 18.8 Å². The first-order valence-electron chi connectivity index (χ1n) is 7.04. The molecule has 1 fully saturated rings. The molecule has 0 radical (unpaired) electrons. The maximum atomic E-state index is 12.5. The predicted octanol–water partition coefficient (Wildman–Crippen LogP) is 1.18. The normalized spacial score (nSPS) is 22.4. The number of rotatable bonds is 3. The average molecular weight is 289 g/mol. The van der Waals surface area contributed by atoms with Crippen LogP contribution in [0.4, 0.5) is 0 Å². The number of aromatic nitrogens is 2. The number of ether oxygens (including phenoxy) is 2. The van der Waals surface area contributed by atoms with Crippen LogP contribution in [0.1, 0.15) is 22.3 Å². The van der Waals surface area contributed by atoms with Gasteiger partial charge in [0.2, 0.25) is 0 Å². The molecule has 0 spiro atoms. The minimum atomic E-state index is -0.122. The van der Waals surface area contributed by atoms with Crippen molar-refractivity contribution in [2.45, 2.75) is 25.5 Å². The molecular formula is C15H19N3O3. The molecule has 112 valence electrons. The van der Waals surface area contributed by atoms with Crippen LogP contribution in [-0.2, 0) is 9.47 Å². The van der Waals surface area contributed by atoms with E-state index >= 15 is 0 Å². The number of pyridine rings is 1. The summed E-state index contributed by atoms with van der Waals surface area (Å²) in [7, 11) is 1.64. The molecule has 6 nitrogen and oxygen atoms in total. The van der Waals surface area contributed by atoms with Gasteiger partial charge in [-0.1, -0.05) is 6.07 Å². The summed E-state index contributed by atoms with van der Waals surface area (Å²) in [5.74, 6) is -0.122. The van der Waals surface area contributed by atoms with Gasteiger partial charge >= 0.3 is 0 Å². The lowest BCUT2D eigenvalue weighted by atomic mass is 10.1. The zero-order chi connectivity index (χ0) is 14.8. The summed E-state index contributed by atoms with van der Waals surface area (Å²) >= 11 is 0. The van der Waals surface area contributed by atoms with Crippen molar-refractivity contribution in [3.05, 3.63) is 35.7 Å². The second-order valence-electron chi connectivity index (χ2n) is 5.31. The van der Waals surface area contributed by atoms with Gasteiger partial charge in [-0.05, 0) is 25.0 Å². The van der Waals surface area contributed by atoms with E-state index in [0.717, 1.165) is 17.5 Å². The van der Waals surface area contributed by atoms with E-state index < -0.39 is 0 Å². The third kappa shape index (κ3) is 2.77. The molecule has 21 heavy (non-hydrogen) atoms. The fourth-order valence-corrected chi connectivity index (χ4v) is 2.62. The van der Waals surface area contributed by atoms with Crippen molar-refractivity contribution in [2.24, 2.45) is 0 Å². The van der Waals surface area contributed by atoms with Crippen molar-refractivity contribution in [3.8, 4) is 0 Å². The van der Waals surface area contributed by atoms with E-state index in [1.165, 1.54) is 0 Å². The summed E-state index contributed by atoms with van der Waals surface area (Å²) in [6.45, 7) is 3.14. The number of hydrogen-bond acceptors (Lipinski definition) is 4. The summed E-state index contributed by atoms with van der Waals surface area (Å²) < 4.78 is 12.5. The van der Waals surface area contributed by atoms with Gasteiger partial charge in [-0.15, -0.1) is 0 Å². The Kier molecular flexibility index (Phi) is 3.90. The Morgan fingerprint density at radius 2 is 2.38 bits per heavy atom. The molecule has 2 aromatic rings. The minimum absolute atomic E-state index is 0.0309. The molecule has 1 aliphatic rings. The zero-order valence-electron chi connectivity index (χ0n) is 12.2. The number of aryl methyl sites for hydroxylation is 1. The second-order valence-corrected chi connectivity index (χ2v) is 5.31. The molecule has 0 aliphatic carbocycles. The Morgan fingerprint density at radius 1 is 1.52 bits per heavy atom. The molecule has 6 heteroatoms. The van der Waals surface area contributed by atoms with Crippen LogP contribution in [0.2, 0.25) is 0 Å². The first kappa shape index (κ1) is 14.0. The maximum absolute atomic E-state index is 12.5.